The van der Waals surface area contributed by atoms with Crippen molar-refractivity contribution in [2.45, 2.75) is 40.0 Å². The number of carbonyl (C=O) groups is 3. The first-order valence-corrected chi connectivity index (χ1v) is 8.68. The Morgan fingerprint density at radius 1 is 1.12 bits per heavy atom. The third kappa shape index (κ3) is 4.43. The van der Waals surface area contributed by atoms with Crippen LogP contribution < -0.4 is 5.32 Å². The van der Waals surface area contributed by atoms with Gasteiger partial charge in [0.2, 0.25) is 11.8 Å². The molecule has 1 fully saturated rings. The number of carbonyl (C=O) groups excluding carboxylic acids is 3. The quantitative estimate of drug-likeness (QED) is 0.745. The maximum absolute atomic E-state index is 12.5. The Balaban J connectivity index is 1.94. The number of ketones is 1. The number of hydrogen-bond donors (Lipinski definition) is 1. The van der Waals surface area contributed by atoms with E-state index in [9.17, 15) is 14.4 Å². The lowest BCUT2D eigenvalue weighted by Gasteiger charge is -2.21. The highest BCUT2D eigenvalue weighted by atomic mass is 16.2. The second-order valence-electron chi connectivity index (χ2n) is 6.40. The number of hydrogen-bond acceptors (Lipinski definition) is 3. The molecule has 1 saturated carbocycles. The molecule has 2 rings (SSSR count). The average Bonchev–Trinajstić information content (AvgIpc) is 3.35. The van der Waals surface area contributed by atoms with E-state index in [-0.39, 0.29) is 29.4 Å². The van der Waals surface area contributed by atoms with Crippen molar-refractivity contribution < 1.29 is 14.4 Å². The van der Waals surface area contributed by atoms with Crippen LogP contribution in [0.3, 0.4) is 0 Å². The van der Waals surface area contributed by atoms with E-state index >= 15 is 0 Å². The molecule has 0 spiro atoms. The molecule has 5 heteroatoms. The predicted molar refractivity (Wildman–Crippen MR) is 93.8 cm³/mol. The SMILES string of the molecule is CCCN(CCC)C(=O)C1CC1C(=O)Nc1cccc(C(C)=O)c1. The number of rotatable bonds is 8. The molecular formula is C19H26N2O3. The van der Waals surface area contributed by atoms with E-state index in [1.165, 1.54) is 6.92 Å². The minimum Gasteiger partial charge on any atom is -0.342 e. The van der Waals surface area contributed by atoms with Gasteiger partial charge >= 0.3 is 0 Å². The van der Waals surface area contributed by atoms with Crippen LogP contribution in [0.25, 0.3) is 0 Å². The highest BCUT2D eigenvalue weighted by Crippen LogP contribution is 2.41. The molecule has 2 atom stereocenters. The average molecular weight is 330 g/mol. The van der Waals surface area contributed by atoms with E-state index in [1.807, 2.05) is 4.90 Å². The fourth-order valence-electron chi connectivity index (χ4n) is 2.92. The summed E-state index contributed by atoms with van der Waals surface area (Å²) in [6.45, 7) is 7.09. The molecule has 0 aliphatic heterocycles. The number of amides is 2. The molecule has 0 heterocycles. The molecule has 0 saturated heterocycles. The van der Waals surface area contributed by atoms with Gasteiger partial charge in [-0.1, -0.05) is 26.0 Å². The molecule has 5 nitrogen and oxygen atoms in total. The van der Waals surface area contributed by atoms with Crippen LogP contribution in [0.2, 0.25) is 0 Å². The number of nitrogens with zero attached hydrogens (tertiary/aromatic N) is 1. The Bertz CT molecular complexity index is 621. The third-order valence-electron chi connectivity index (χ3n) is 4.28. The van der Waals surface area contributed by atoms with Gasteiger partial charge in [-0.25, -0.2) is 0 Å². The lowest BCUT2D eigenvalue weighted by molar-refractivity contribution is -0.134. The van der Waals surface area contributed by atoms with Gasteiger partial charge in [-0.05, 0) is 38.3 Å². The molecule has 1 aliphatic carbocycles. The number of Topliss-reactive ketones (excluding diaryl/α,β-unsaturated/α-hetero) is 1. The standard InChI is InChI=1S/C19H26N2O3/c1-4-9-21(10-5-2)19(24)17-12-16(17)18(23)20-15-8-6-7-14(11-15)13(3)22/h6-8,11,16-17H,4-5,9-10,12H2,1-3H3,(H,20,23). The van der Waals surface area contributed by atoms with Gasteiger partial charge in [-0.3, -0.25) is 14.4 Å². The van der Waals surface area contributed by atoms with E-state index in [4.69, 9.17) is 0 Å². The summed E-state index contributed by atoms with van der Waals surface area (Å²) < 4.78 is 0. The molecule has 2 amide bonds. The third-order valence-corrected chi connectivity index (χ3v) is 4.28. The van der Waals surface area contributed by atoms with Gasteiger partial charge in [-0.2, -0.15) is 0 Å². The van der Waals surface area contributed by atoms with E-state index in [0.717, 1.165) is 25.9 Å². The van der Waals surface area contributed by atoms with Crippen molar-refractivity contribution in [2.24, 2.45) is 11.8 Å². The number of benzene rings is 1. The highest BCUT2D eigenvalue weighted by Gasteiger charge is 2.49. The Kier molecular flexibility index (Phi) is 6.12. The normalized spacial score (nSPS) is 18.8. The zero-order valence-electron chi connectivity index (χ0n) is 14.7. The summed E-state index contributed by atoms with van der Waals surface area (Å²) in [5.41, 5.74) is 1.16. The smallest absolute Gasteiger partial charge is 0.228 e. The van der Waals surface area contributed by atoms with Crippen LogP contribution >= 0.6 is 0 Å². The fourth-order valence-corrected chi connectivity index (χ4v) is 2.92. The highest BCUT2D eigenvalue weighted by molar-refractivity contribution is 6.01. The Morgan fingerprint density at radius 2 is 1.79 bits per heavy atom. The number of anilines is 1. The Morgan fingerprint density at radius 3 is 2.38 bits per heavy atom. The summed E-state index contributed by atoms with van der Waals surface area (Å²) in [4.78, 5) is 38.1. The molecular weight excluding hydrogens is 304 g/mol. The van der Waals surface area contributed by atoms with Crippen LogP contribution in [-0.2, 0) is 9.59 Å². The van der Waals surface area contributed by atoms with Crippen LogP contribution in [-0.4, -0.2) is 35.6 Å². The molecule has 1 aliphatic rings. The minimum atomic E-state index is -0.255. The molecule has 130 valence electrons. The lowest BCUT2D eigenvalue weighted by Crippen LogP contribution is -2.34. The summed E-state index contributed by atoms with van der Waals surface area (Å²) in [7, 11) is 0. The molecule has 1 aromatic rings. The fraction of sp³-hybridized carbons (Fsp3) is 0.526. The van der Waals surface area contributed by atoms with Crippen LogP contribution in [0.1, 0.15) is 50.4 Å². The van der Waals surface area contributed by atoms with Crippen molar-refractivity contribution >= 4 is 23.3 Å². The monoisotopic (exact) mass is 330 g/mol. The summed E-state index contributed by atoms with van der Waals surface area (Å²) in [5.74, 6) is -0.535. The minimum absolute atomic E-state index is 0.0413. The number of nitrogens with one attached hydrogen (secondary N) is 1. The van der Waals surface area contributed by atoms with Crippen molar-refractivity contribution in [2.75, 3.05) is 18.4 Å². The second-order valence-corrected chi connectivity index (χ2v) is 6.40. The molecule has 0 bridgehead atoms. The van der Waals surface area contributed by atoms with E-state index in [0.29, 0.717) is 17.7 Å². The molecule has 1 aromatic carbocycles. The zero-order chi connectivity index (χ0) is 17.7. The molecule has 1 N–H and O–H groups in total. The van der Waals surface area contributed by atoms with Crippen molar-refractivity contribution in [1.82, 2.24) is 4.90 Å². The first kappa shape index (κ1) is 18.2. The van der Waals surface area contributed by atoms with Gasteiger partial charge in [0.25, 0.3) is 0 Å². The maximum atomic E-state index is 12.5. The van der Waals surface area contributed by atoms with Gasteiger partial charge in [0.1, 0.15) is 0 Å². The zero-order valence-corrected chi connectivity index (χ0v) is 14.7. The van der Waals surface area contributed by atoms with E-state index in [2.05, 4.69) is 19.2 Å². The first-order valence-electron chi connectivity index (χ1n) is 8.68. The second kappa shape index (κ2) is 8.08. The first-order chi connectivity index (χ1) is 11.5. The van der Waals surface area contributed by atoms with Gasteiger partial charge in [0.05, 0.1) is 11.8 Å². The molecule has 2 unspecified atom stereocenters. The summed E-state index contributed by atoms with van der Waals surface area (Å²) in [6.07, 6.45) is 2.46. The summed E-state index contributed by atoms with van der Waals surface area (Å²) in [6, 6.07) is 6.88. The van der Waals surface area contributed by atoms with Crippen LogP contribution in [0.5, 0.6) is 0 Å². The van der Waals surface area contributed by atoms with Crippen LogP contribution in [0.15, 0.2) is 24.3 Å². The van der Waals surface area contributed by atoms with E-state index < -0.39 is 0 Å². The summed E-state index contributed by atoms with van der Waals surface area (Å²) >= 11 is 0. The lowest BCUT2D eigenvalue weighted by atomic mass is 10.1. The van der Waals surface area contributed by atoms with Gasteiger partial charge in [0, 0.05) is 24.3 Å². The topological polar surface area (TPSA) is 66.5 Å². The van der Waals surface area contributed by atoms with Crippen molar-refractivity contribution in [1.29, 1.82) is 0 Å². The van der Waals surface area contributed by atoms with Gasteiger partial charge < -0.3 is 10.2 Å². The van der Waals surface area contributed by atoms with Crippen molar-refractivity contribution in [3.63, 3.8) is 0 Å². The summed E-state index contributed by atoms with van der Waals surface area (Å²) in [5, 5.41) is 2.83. The largest absolute Gasteiger partial charge is 0.342 e. The van der Waals surface area contributed by atoms with Crippen LogP contribution in [0.4, 0.5) is 5.69 Å². The Hall–Kier alpha value is -2.17. The molecule has 0 aromatic heterocycles. The maximum Gasteiger partial charge on any atom is 0.228 e. The predicted octanol–water partition coefficient (Wildman–Crippen LogP) is 3.11. The van der Waals surface area contributed by atoms with Gasteiger partial charge in [-0.15, -0.1) is 0 Å². The van der Waals surface area contributed by atoms with Crippen LogP contribution in [0, 0.1) is 11.8 Å². The molecule has 0 radical (unpaired) electrons. The molecule has 24 heavy (non-hydrogen) atoms. The van der Waals surface area contributed by atoms with Crippen molar-refractivity contribution in [3.05, 3.63) is 29.8 Å². The van der Waals surface area contributed by atoms with Crippen molar-refractivity contribution in [3.8, 4) is 0 Å². The van der Waals surface area contributed by atoms with Gasteiger partial charge in [0.15, 0.2) is 5.78 Å². The Labute approximate surface area is 143 Å². The van der Waals surface area contributed by atoms with E-state index in [1.54, 1.807) is 24.3 Å².